The molecule has 0 spiro atoms. The van der Waals surface area contributed by atoms with Gasteiger partial charge in [-0.1, -0.05) is 26.0 Å². The van der Waals surface area contributed by atoms with Gasteiger partial charge in [0.1, 0.15) is 11.3 Å². The van der Waals surface area contributed by atoms with Crippen molar-refractivity contribution in [2.45, 2.75) is 32.9 Å². The van der Waals surface area contributed by atoms with Crippen molar-refractivity contribution in [3.05, 3.63) is 65.7 Å². The van der Waals surface area contributed by atoms with Crippen LogP contribution in [-0.2, 0) is 16.1 Å². The van der Waals surface area contributed by atoms with Crippen LogP contribution in [0.3, 0.4) is 0 Å². The molecule has 0 saturated carbocycles. The molecule has 0 radical (unpaired) electrons. The molecule has 1 unspecified atom stereocenters. The number of carbonyl (C=O) groups excluding carboxylic acids is 2. The van der Waals surface area contributed by atoms with Gasteiger partial charge in [-0.2, -0.15) is 0 Å². The Morgan fingerprint density at radius 1 is 1.23 bits per heavy atom. The lowest BCUT2D eigenvalue weighted by Gasteiger charge is -2.12. The minimum absolute atomic E-state index is 0.163. The van der Waals surface area contributed by atoms with Crippen LogP contribution >= 0.6 is 0 Å². The van der Waals surface area contributed by atoms with Crippen LogP contribution in [0, 0.1) is 5.92 Å². The van der Waals surface area contributed by atoms with Crippen molar-refractivity contribution >= 4 is 11.8 Å². The van der Waals surface area contributed by atoms with Gasteiger partial charge in [0.25, 0.3) is 11.8 Å². The topological polar surface area (TPSA) is 83.4 Å². The van der Waals surface area contributed by atoms with Crippen molar-refractivity contribution in [1.82, 2.24) is 15.2 Å². The molecule has 136 valence electrons. The molecular weight excluding hydrogens is 330 g/mol. The van der Waals surface area contributed by atoms with E-state index >= 15 is 0 Å². The van der Waals surface area contributed by atoms with Crippen LogP contribution in [0.4, 0.5) is 0 Å². The first-order valence-electron chi connectivity index (χ1n) is 8.70. The summed E-state index contributed by atoms with van der Waals surface area (Å²) < 4.78 is 1.99. The number of aliphatic hydroxyl groups excluding tert-OH is 1. The highest BCUT2D eigenvalue weighted by Crippen LogP contribution is 2.21. The summed E-state index contributed by atoms with van der Waals surface area (Å²) in [6.45, 7) is 4.27. The Morgan fingerprint density at radius 2 is 1.88 bits per heavy atom. The van der Waals surface area contributed by atoms with Crippen molar-refractivity contribution in [3.63, 3.8) is 0 Å². The lowest BCUT2D eigenvalue weighted by molar-refractivity contribution is -0.123. The molecule has 1 aliphatic rings. The third-order valence-corrected chi connectivity index (χ3v) is 4.34. The van der Waals surface area contributed by atoms with Crippen molar-refractivity contribution < 1.29 is 14.7 Å². The van der Waals surface area contributed by atoms with Gasteiger partial charge < -0.3 is 20.3 Å². The largest absolute Gasteiger partial charge is 0.509 e. The Morgan fingerprint density at radius 3 is 2.50 bits per heavy atom. The van der Waals surface area contributed by atoms with E-state index in [2.05, 4.69) is 10.6 Å². The van der Waals surface area contributed by atoms with Gasteiger partial charge in [-0.15, -0.1) is 0 Å². The van der Waals surface area contributed by atoms with Crippen LogP contribution in [0.5, 0.6) is 0 Å². The average molecular weight is 353 g/mol. The van der Waals surface area contributed by atoms with Gasteiger partial charge in [-0.05, 0) is 42.2 Å². The number of aliphatic hydroxyl groups is 1. The summed E-state index contributed by atoms with van der Waals surface area (Å²) in [5.74, 6) is -0.942. The highest BCUT2D eigenvalue weighted by Gasteiger charge is 2.35. The van der Waals surface area contributed by atoms with E-state index in [1.807, 2.05) is 67.2 Å². The van der Waals surface area contributed by atoms with E-state index in [1.165, 1.54) is 0 Å². The molecular formula is C20H23N3O3. The molecule has 1 atom stereocenters. The highest BCUT2D eigenvalue weighted by molar-refractivity contribution is 6.20. The predicted octanol–water partition coefficient (Wildman–Crippen LogP) is 2.45. The zero-order valence-corrected chi connectivity index (χ0v) is 14.9. The molecule has 26 heavy (non-hydrogen) atoms. The minimum Gasteiger partial charge on any atom is -0.509 e. The summed E-state index contributed by atoms with van der Waals surface area (Å²) >= 11 is 0. The van der Waals surface area contributed by atoms with E-state index in [-0.39, 0.29) is 17.9 Å². The van der Waals surface area contributed by atoms with Gasteiger partial charge in [0.2, 0.25) is 0 Å². The second-order valence-corrected chi connectivity index (χ2v) is 6.86. The summed E-state index contributed by atoms with van der Waals surface area (Å²) in [4.78, 5) is 24.3. The Balaban J connectivity index is 1.63. The van der Waals surface area contributed by atoms with Crippen LogP contribution in [0.1, 0.15) is 25.8 Å². The quantitative estimate of drug-likeness (QED) is 0.698. The predicted molar refractivity (Wildman–Crippen MR) is 98.7 cm³/mol. The Hall–Kier alpha value is -3.02. The lowest BCUT2D eigenvalue weighted by atomic mass is 10.0. The maximum absolute atomic E-state index is 12.3. The number of nitrogens with one attached hydrogen (secondary N) is 2. The van der Waals surface area contributed by atoms with E-state index in [0.29, 0.717) is 12.3 Å². The number of hydrogen-bond acceptors (Lipinski definition) is 3. The summed E-state index contributed by atoms with van der Waals surface area (Å²) in [5.41, 5.74) is 1.75. The summed E-state index contributed by atoms with van der Waals surface area (Å²) in [7, 11) is 0. The monoisotopic (exact) mass is 353 g/mol. The molecule has 6 heteroatoms. The molecule has 6 nitrogen and oxygen atoms in total. The standard InChI is InChI=1S/C20H23N3O3/c1-13(2)11-16-18(24)17(20(26)22-16)19(25)21-12-14-5-7-15(8-6-14)23-9-3-4-10-23/h3-10,13,16,24H,11-12H2,1-2H3,(H,21,25)(H,22,26). The molecule has 0 bridgehead atoms. The molecule has 0 saturated heterocycles. The molecule has 1 aliphatic heterocycles. The summed E-state index contributed by atoms with van der Waals surface area (Å²) in [6, 6.07) is 11.2. The molecule has 1 aromatic carbocycles. The number of benzene rings is 1. The third-order valence-electron chi connectivity index (χ3n) is 4.34. The van der Waals surface area contributed by atoms with Gasteiger partial charge in [0.05, 0.1) is 6.04 Å². The average Bonchev–Trinajstić information content (AvgIpc) is 3.22. The molecule has 2 aromatic rings. The van der Waals surface area contributed by atoms with Crippen LogP contribution in [0.2, 0.25) is 0 Å². The fourth-order valence-corrected chi connectivity index (χ4v) is 3.01. The van der Waals surface area contributed by atoms with E-state index in [4.69, 9.17) is 0 Å². The van der Waals surface area contributed by atoms with Crippen LogP contribution in [-0.4, -0.2) is 27.5 Å². The molecule has 2 heterocycles. The first kappa shape index (κ1) is 17.8. The number of nitrogens with zero attached hydrogens (tertiary/aromatic N) is 1. The molecule has 2 amide bonds. The second kappa shape index (κ2) is 7.47. The van der Waals surface area contributed by atoms with E-state index < -0.39 is 17.9 Å². The number of aromatic nitrogens is 1. The maximum atomic E-state index is 12.3. The van der Waals surface area contributed by atoms with Gasteiger partial charge in [0, 0.05) is 24.6 Å². The zero-order valence-electron chi connectivity index (χ0n) is 14.9. The van der Waals surface area contributed by atoms with Crippen molar-refractivity contribution in [2.75, 3.05) is 0 Å². The van der Waals surface area contributed by atoms with Crippen molar-refractivity contribution in [3.8, 4) is 5.69 Å². The smallest absolute Gasteiger partial charge is 0.261 e. The Labute approximate surface area is 152 Å². The zero-order chi connectivity index (χ0) is 18.7. The number of carbonyl (C=O) groups is 2. The Bertz CT molecular complexity index is 820. The number of hydrogen-bond donors (Lipinski definition) is 3. The van der Waals surface area contributed by atoms with Gasteiger partial charge >= 0.3 is 0 Å². The fraction of sp³-hybridized carbons (Fsp3) is 0.300. The molecule has 3 N–H and O–H groups in total. The SMILES string of the molecule is CC(C)CC1NC(=O)C(C(=O)NCc2ccc(-n3cccc3)cc2)=C1O. The van der Waals surface area contributed by atoms with E-state index in [9.17, 15) is 14.7 Å². The maximum Gasteiger partial charge on any atom is 0.261 e. The molecule has 0 fully saturated rings. The fourth-order valence-electron chi connectivity index (χ4n) is 3.01. The van der Waals surface area contributed by atoms with Gasteiger partial charge in [0.15, 0.2) is 0 Å². The van der Waals surface area contributed by atoms with E-state index in [1.54, 1.807) is 0 Å². The van der Waals surface area contributed by atoms with E-state index in [0.717, 1.165) is 11.3 Å². The molecule has 1 aromatic heterocycles. The third kappa shape index (κ3) is 3.79. The number of amides is 2. The first-order chi connectivity index (χ1) is 12.5. The first-order valence-corrected chi connectivity index (χ1v) is 8.70. The minimum atomic E-state index is -0.555. The van der Waals surface area contributed by atoms with Gasteiger partial charge in [-0.3, -0.25) is 9.59 Å². The highest BCUT2D eigenvalue weighted by atomic mass is 16.3. The number of rotatable bonds is 6. The molecule has 3 rings (SSSR count). The lowest BCUT2D eigenvalue weighted by Crippen LogP contribution is -2.32. The summed E-state index contributed by atoms with van der Waals surface area (Å²) in [5, 5.41) is 15.6. The van der Waals surface area contributed by atoms with Gasteiger partial charge in [-0.25, -0.2) is 0 Å². The van der Waals surface area contributed by atoms with Crippen LogP contribution in [0.15, 0.2) is 60.1 Å². The van der Waals surface area contributed by atoms with Crippen LogP contribution < -0.4 is 10.6 Å². The molecule has 0 aliphatic carbocycles. The van der Waals surface area contributed by atoms with Crippen molar-refractivity contribution in [1.29, 1.82) is 0 Å². The normalized spacial score (nSPS) is 16.9. The van der Waals surface area contributed by atoms with Crippen LogP contribution in [0.25, 0.3) is 5.69 Å². The van der Waals surface area contributed by atoms with Crippen molar-refractivity contribution in [2.24, 2.45) is 5.92 Å². The second-order valence-electron chi connectivity index (χ2n) is 6.86. The Kier molecular flexibility index (Phi) is 5.11. The summed E-state index contributed by atoms with van der Waals surface area (Å²) in [6.07, 6.45) is 4.51.